The van der Waals surface area contributed by atoms with Gasteiger partial charge in [0.05, 0.1) is 7.11 Å². The monoisotopic (exact) mass is 259 g/mol. The molecule has 0 fully saturated rings. The average molecular weight is 259 g/mol. The quantitative estimate of drug-likeness (QED) is 0.400. The first-order chi connectivity index (χ1) is 8.26. The first kappa shape index (κ1) is 16.9. The molecule has 0 aromatic carbocycles. The van der Waals surface area contributed by atoms with Crippen LogP contribution in [0.1, 0.15) is 52.9 Å². The van der Waals surface area contributed by atoms with Gasteiger partial charge in [-0.15, -0.1) is 0 Å². The number of carbonyl (C=O) groups excluding carboxylic acids is 2. The molecule has 0 spiro atoms. The molecule has 0 bridgehead atoms. The van der Waals surface area contributed by atoms with Crippen molar-refractivity contribution in [2.75, 3.05) is 14.2 Å². The van der Waals surface area contributed by atoms with E-state index in [-0.39, 0.29) is 11.9 Å². The molecule has 0 aromatic heterocycles. The van der Waals surface area contributed by atoms with Crippen molar-refractivity contribution in [1.82, 2.24) is 5.06 Å². The second-order valence-corrected chi connectivity index (χ2v) is 5.22. The molecule has 0 N–H and O–H groups in total. The molecule has 0 aliphatic carbocycles. The fraction of sp³-hybridized carbons (Fsp3) is 0.846. The van der Waals surface area contributed by atoms with Crippen LogP contribution in [0.2, 0.25) is 0 Å². The van der Waals surface area contributed by atoms with Crippen molar-refractivity contribution in [2.24, 2.45) is 0 Å². The number of ether oxygens (including phenoxy) is 1. The van der Waals surface area contributed by atoms with E-state index in [9.17, 15) is 9.59 Å². The lowest BCUT2D eigenvalue weighted by Gasteiger charge is -2.19. The molecule has 5 heteroatoms. The van der Waals surface area contributed by atoms with Gasteiger partial charge in [-0.25, -0.2) is 5.06 Å². The third kappa shape index (κ3) is 8.98. The molecule has 0 heterocycles. The van der Waals surface area contributed by atoms with Crippen LogP contribution in [-0.4, -0.2) is 36.7 Å². The summed E-state index contributed by atoms with van der Waals surface area (Å²) >= 11 is 0. The van der Waals surface area contributed by atoms with Gasteiger partial charge in [0.25, 0.3) is 0 Å². The van der Waals surface area contributed by atoms with Crippen molar-refractivity contribution in [2.45, 2.75) is 58.5 Å². The minimum Gasteiger partial charge on any atom is -0.460 e. The Hall–Kier alpha value is -1.10. The zero-order chi connectivity index (χ0) is 14.2. The van der Waals surface area contributed by atoms with Crippen LogP contribution in [0, 0.1) is 0 Å². The Bertz CT molecular complexity index is 271. The fourth-order valence-electron chi connectivity index (χ4n) is 1.37. The largest absolute Gasteiger partial charge is 0.460 e. The number of amides is 1. The normalized spacial score (nSPS) is 11.2. The summed E-state index contributed by atoms with van der Waals surface area (Å²) in [5, 5.41) is 1.22. The Morgan fingerprint density at radius 3 is 2.11 bits per heavy atom. The Kier molecular flexibility index (Phi) is 7.59. The van der Waals surface area contributed by atoms with Crippen LogP contribution < -0.4 is 0 Å². The summed E-state index contributed by atoms with van der Waals surface area (Å²) in [6, 6.07) is 0. The summed E-state index contributed by atoms with van der Waals surface area (Å²) in [5.41, 5.74) is -0.422. The number of nitrogens with zero attached hydrogens (tertiary/aromatic N) is 1. The molecule has 18 heavy (non-hydrogen) atoms. The standard InChI is InChI=1S/C13H25NO4/c1-13(2,3)18-12(16)10-8-6-7-9-11(15)14(4)17-5/h6-10H2,1-5H3. The van der Waals surface area contributed by atoms with Gasteiger partial charge in [-0.2, -0.15) is 0 Å². The van der Waals surface area contributed by atoms with Crippen molar-refractivity contribution in [3.05, 3.63) is 0 Å². The molecule has 0 atom stereocenters. The molecule has 0 rings (SSSR count). The van der Waals surface area contributed by atoms with E-state index in [1.54, 1.807) is 7.05 Å². The van der Waals surface area contributed by atoms with E-state index in [0.717, 1.165) is 19.3 Å². The zero-order valence-electron chi connectivity index (χ0n) is 12.1. The molecule has 0 saturated carbocycles. The van der Waals surface area contributed by atoms with Gasteiger partial charge in [0, 0.05) is 19.9 Å². The van der Waals surface area contributed by atoms with Gasteiger partial charge in [-0.3, -0.25) is 14.4 Å². The highest BCUT2D eigenvalue weighted by Crippen LogP contribution is 2.11. The highest BCUT2D eigenvalue weighted by molar-refractivity contribution is 5.74. The van der Waals surface area contributed by atoms with Gasteiger partial charge in [0.2, 0.25) is 5.91 Å². The number of hydrogen-bond donors (Lipinski definition) is 0. The van der Waals surface area contributed by atoms with Gasteiger partial charge in [0.15, 0.2) is 0 Å². The van der Waals surface area contributed by atoms with Crippen LogP contribution >= 0.6 is 0 Å². The number of hydroxylamine groups is 2. The van der Waals surface area contributed by atoms with Crippen LogP contribution in [0.3, 0.4) is 0 Å². The van der Waals surface area contributed by atoms with Crippen molar-refractivity contribution in [3.63, 3.8) is 0 Å². The van der Waals surface area contributed by atoms with Crippen LogP contribution in [0.4, 0.5) is 0 Å². The SMILES string of the molecule is CON(C)C(=O)CCCCCC(=O)OC(C)(C)C. The van der Waals surface area contributed by atoms with Crippen molar-refractivity contribution < 1.29 is 19.2 Å². The topological polar surface area (TPSA) is 55.8 Å². The summed E-state index contributed by atoms with van der Waals surface area (Å²) in [7, 11) is 3.05. The Balaban J connectivity index is 3.57. The first-order valence-corrected chi connectivity index (χ1v) is 6.29. The molecule has 1 amide bonds. The van der Waals surface area contributed by atoms with Crippen LogP contribution in [0.5, 0.6) is 0 Å². The van der Waals surface area contributed by atoms with Gasteiger partial charge >= 0.3 is 5.97 Å². The lowest BCUT2D eigenvalue weighted by Crippen LogP contribution is -2.25. The van der Waals surface area contributed by atoms with Crippen molar-refractivity contribution in [3.8, 4) is 0 Å². The Morgan fingerprint density at radius 1 is 1.06 bits per heavy atom. The van der Waals surface area contributed by atoms with E-state index in [2.05, 4.69) is 0 Å². The third-order valence-electron chi connectivity index (χ3n) is 2.32. The number of rotatable bonds is 7. The Morgan fingerprint density at radius 2 is 1.61 bits per heavy atom. The van der Waals surface area contributed by atoms with E-state index in [1.165, 1.54) is 12.2 Å². The summed E-state index contributed by atoms with van der Waals surface area (Å²) in [4.78, 5) is 27.5. The predicted octanol–water partition coefficient (Wildman–Crippen LogP) is 2.30. The van der Waals surface area contributed by atoms with E-state index in [4.69, 9.17) is 9.57 Å². The highest BCUT2D eigenvalue weighted by Gasteiger charge is 2.15. The second-order valence-electron chi connectivity index (χ2n) is 5.22. The molecule has 0 saturated heterocycles. The molecule has 0 aliphatic rings. The third-order valence-corrected chi connectivity index (χ3v) is 2.32. The summed E-state index contributed by atoms with van der Waals surface area (Å²) < 4.78 is 5.19. The first-order valence-electron chi connectivity index (χ1n) is 6.29. The molecule has 5 nitrogen and oxygen atoms in total. The number of esters is 1. The molecule has 0 unspecified atom stereocenters. The fourth-order valence-corrected chi connectivity index (χ4v) is 1.37. The minimum atomic E-state index is -0.422. The molecule has 0 aliphatic heterocycles. The number of unbranched alkanes of at least 4 members (excludes halogenated alkanes) is 2. The van der Waals surface area contributed by atoms with E-state index < -0.39 is 5.60 Å². The van der Waals surface area contributed by atoms with Gasteiger partial charge in [-0.1, -0.05) is 6.42 Å². The van der Waals surface area contributed by atoms with Crippen LogP contribution in [0.15, 0.2) is 0 Å². The lowest BCUT2D eigenvalue weighted by atomic mass is 10.1. The summed E-state index contributed by atoms with van der Waals surface area (Å²) in [6.07, 6.45) is 3.20. The number of carbonyl (C=O) groups is 2. The van der Waals surface area contributed by atoms with Gasteiger partial charge in [-0.05, 0) is 33.6 Å². The maximum atomic E-state index is 11.4. The van der Waals surface area contributed by atoms with Crippen molar-refractivity contribution in [1.29, 1.82) is 0 Å². The van der Waals surface area contributed by atoms with Gasteiger partial charge in [0.1, 0.15) is 5.60 Å². The van der Waals surface area contributed by atoms with E-state index >= 15 is 0 Å². The molecular weight excluding hydrogens is 234 g/mol. The Labute approximate surface area is 109 Å². The molecule has 0 radical (unpaired) electrons. The number of hydrogen-bond acceptors (Lipinski definition) is 4. The highest BCUT2D eigenvalue weighted by atomic mass is 16.7. The second kappa shape index (κ2) is 8.08. The lowest BCUT2D eigenvalue weighted by molar-refractivity contribution is -0.168. The minimum absolute atomic E-state index is 0.0465. The van der Waals surface area contributed by atoms with Crippen LogP contribution in [0.25, 0.3) is 0 Å². The zero-order valence-corrected chi connectivity index (χ0v) is 12.1. The molecule has 106 valence electrons. The average Bonchev–Trinajstić information content (AvgIpc) is 2.24. The maximum Gasteiger partial charge on any atom is 0.306 e. The summed E-state index contributed by atoms with van der Waals surface area (Å²) in [5.74, 6) is -0.224. The van der Waals surface area contributed by atoms with E-state index in [1.807, 2.05) is 20.8 Å². The predicted molar refractivity (Wildman–Crippen MR) is 68.7 cm³/mol. The molecular formula is C13H25NO4. The van der Waals surface area contributed by atoms with Gasteiger partial charge < -0.3 is 4.74 Å². The molecule has 0 aromatic rings. The van der Waals surface area contributed by atoms with Crippen LogP contribution in [-0.2, 0) is 19.2 Å². The summed E-state index contributed by atoms with van der Waals surface area (Å²) in [6.45, 7) is 5.55. The van der Waals surface area contributed by atoms with E-state index in [0.29, 0.717) is 12.8 Å². The smallest absolute Gasteiger partial charge is 0.306 e. The maximum absolute atomic E-state index is 11.4. The van der Waals surface area contributed by atoms with Crippen molar-refractivity contribution >= 4 is 11.9 Å².